The number of hydrogen-bond donors (Lipinski definition) is 1. The highest BCUT2D eigenvalue weighted by atomic mass is 16.5. The normalized spacial score (nSPS) is 17.9. The Morgan fingerprint density at radius 1 is 1.38 bits per heavy atom. The van der Waals surface area contributed by atoms with Gasteiger partial charge in [0.15, 0.2) is 0 Å². The summed E-state index contributed by atoms with van der Waals surface area (Å²) < 4.78 is 11.0. The van der Waals surface area contributed by atoms with Gasteiger partial charge in [0.05, 0.1) is 6.54 Å². The quantitative estimate of drug-likeness (QED) is 0.937. The Hall–Kier alpha value is -2.14. The van der Waals surface area contributed by atoms with Gasteiger partial charge in [-0.2, -0.15) is 0 Å². The molecule has 0 spiro atoms. The predicted octanol–water partition coefficient (Wildman–Crippen LogP) is 2.45. The van der Waals surface area contributed by atoms with Crippen LogP contribution in [-0.2, 0) is 16.1 Å². The van der Waals surface area contributed by atoms with Gasteiger partial charge in [0.1, 0.15) is 17.6 Å². The van der Waals surface area contributed by atoms with Crippen molar-refractivity contribution in [1.29, 1.82) is 0 Å². The van der Waals surface area contributed by atoms with Crippen LogP contribution in [-0.4, -0.2) is 23.6 Å². The molecule has 3 rings (SSSR count). The van der Waals surface area contributed by atoms with Crippen molar-refractivity contribution in [3.8, 4) is 11.3 Å². The summed E-state index contributed by atoms with van der Waals surface area (Å²) in [4.78, 5) is 16.3. The monoisotopic (exact) mass is 286 g/mol. The van der Waals surface area contributed by atoms with Crippen LogP contribution in [0.2, 0.25) is 0 Å². The standard InChI is InChI=1S/C16H18N2O3/c1-11-15(12-6-3-2-4-7-12)18-14(21-11)10-17-16(19)13-8-5-9-20-13/h2-4,6-7,13H,5,8-10H2,1H3,(H,17,19). The Morgan fingerprint density at radius 2 is 2.19 bits per heavy atom. The van der Waals surface area contributed by atoms with Gasteiger partial charge in [-0.05, 0) is 19.8 Å². The molecule has 0 saturated carbocycles. The molecule has 5 nitrogen and oxygen atoms in total. The molecule has 0 bridgehead atoms. The van der Waals surface area contributed by atoms with Crippen molar-refractivity contribution >= 4 is 5.91 Å². The van der Waals surface area contributed by atoms with E-state index in [4.69, 9.17) is 9.15 Å². The highest BCUT2D eigenvalue weighted by molar-refractivity contribution is 5.80. The van der Waals surface area contributed by atoms with Gasteiger partial charge >= 0.3 is 0 Å². The highest BCUT2D eigenvalue weighted by Gasteiger charge is 2.23. The summed E-state index contributed by atoms with van der Waals surface area (Å²) in [5.74, 6) is 1.17. The molecule has 2 heterocycles. The maximum Gasteiger partial charge on any atom is 0.249 e. The van der Waals surface area contributed by atoms with Crippen LogP contribution in [0.25, 0.3) is 11.3 Å². The number of oxazole rings is 1. The van der Waals surface area contributed by atoms with Crippen LogP contribution in [0.15, 0.2) is 34.7 Å². The third-order valence-electron chi connectivity index (χ3n) is 3.52. The molecule has 21 heavy (non-hydrogen) atoms. The van der Waals surface area contributed by atoms with E-state index in [0.29, 0.717) is 12.5 Å². The summed E-state index contributed by atoms with van der Waals surface area (Å²) in [5.41, 5.74) is 1.83. The molecule has 2 aromatic rings. The second-order valence-electron chi connectivity index (χ2n) is 5.10. The molecule has 1 aromatic heterocycles. The largest absolute Gasteiger partial charge is 0.443 e. The molecular weight excluding hydrogens is 268 g/mol. The molecule has 5 heteroatoms. The molecule has 1 N–H and O–H groups in total. The van der Waals surface area contributed by atoms with Crippen LogP contribution < -0.4 is 5.32 Å². The number of nitrogens with one attached hydrogen (secondary N) is 1. The van der Waals surface area contributed by atoms with E-state index in [2.05, 4.69) is 10.3 Å². The van der Waals surface area contributed by atoms with Gasteiger partial charge in [0, 0.05) is 12.2 Å². The molecule has 1 amide bonds. The molecule has 1 aliphatic rings. The fourth-order valence-corrected chi connectivity index (χ4v) is 2.45. The summed E-state index contributed by atoms with van der Waals surface area (Å²) in [5, 5.41) is 2.81. The Balaban J connectivity index is 1.66. The van der Waals surface area contributed by atoms with Gasteiger partial charge in [-0.1, -0.05) is 30.3 Å². The summed E-state index contributed by atoms with van der Waals surface area (Å²) in [6.45, 7) is 2.82. The zero-order valence-corrected chi connectivity index (χ0v) is 12.0. The zero-order valence-electron chi connectivity index (χ0n) is 12.0. The van der Waals surface area contributed by atoms with Crippen molar-refractivity contribution in [3.63, 3.8) is 0 Å². The molecule has 0 aliphatic carbocycles. The Morgan fingerprint density at radius 3 is 2.90 bits per heavy atom. The first-order valence-corrected chi connectivity index (χ1v) is 7.15. The van der Waals surface area contributed by atoms with Crippen LogP contribution in [0.5, 0.6) is 0 Å². The Labute approximate surface area is 123 Å². The molecule has 1 unspecified atom stereocenters. The molecule has 1 saturated heterocycles. The van der Waals surface area contributed by atoms with Crippen molar-refractivity contribution in [2.24, 2.45) is 0 Å². The van der Waals surface area contributed by atoms with Crippen molar-refractivity contribution in [2.75, 3.05) is 6.61 Å². The van der Waals surface area contributed by atoms with E-state index in [1.54, 1.807) is 0 Å². The van der Waals surface area contributed by atoms with E-state index < -0.39 is 0 Å². The average Bonchev–Trinajstić information content (AvgIpc) is 3.15. The minimum atomic E-state index is -0.324. The molecule has 1 aliphatic heterocycles. The number of carbonyl (C=O) groups is 1. The second kappa shape index (κ2) is 6.10. The minimum absolute atomic E-state index is 0.0929. The van der Waals surface area contributed by atoms with E-state index in [-0.39, 0.29) is 18.6 Å². The van der Waals surface area contributed by atoms with Gasteiger partial charge in [-0.3, -0.25) is 4.79 Å². The maximum absolute atomic E-state index is 11.9. The minimum Gasteiger partial charge on any atom is -0.443 e. The highest BCUT2D eigenvalue weighted by Crippen LogP contribution is 2.23. The van der Waals surface area contributed by atoms with Crippen molar-refractivity contribution < 1.29 is 13.9 Å². The van der Waals surface area contributed by atoms with Crippen LogP contribution in [0.3, 0.4) is 0 Å². The fourth-order valence-electron chi connectivity index (χ4n) is 2.45. The number of amides is 1. The SMILES string of the molecule is Cc1oc(CNC(=O)C2CCCO2)nc1-c1ccccc1. The number of aryl methyl sites for hydroxylation is 1. The maximum atomic E-state index is 11.9. The molecule has 0 radical (unpaired) electrons. The van der Waals surface area contributed by atoms with Gasteiger partial charge in [-0.15, -0.1) is 0 Å². The third-order valence-corrected chi connectivity index (χ3v) is 3.52. The van der Waals surface area contributed by atoms with Crippen molar-refractivity contribution in [3.05, 3.63) is 42.0 Å². The van der Waals surface area contributed by atoms with Crippen molar-refractivity contribution in [2.45, 2.75) is 32.4 Å². The van der Waals surface area contributed by atoms with Gasteiger partial charge in [0.25, 0.3) is 0 Å². The van der Waals surface area contributed by atoms with E-state index >= 15 is 0 Å². The topological polar surface area (TPSA) is 64.4 Å². The number of hydrogen-bond acceptors (Lipinski definition) is 4. The number of benzene rings is 1. The summed E-state index contributed by atoms with van der Waals surface area (Å²) >= 11 is 0. The summed E-state index contributed by atoms with van der Waals surface area (Å²) in [6, 6.07) is 9.85. The van der Waals surface area contributed by atoms with E-state index in [1.807, 2.05) is 37.3 Å². The van der Waals surface area contributed by atoms with Gasteiger partial charge < -0.3 is 14.5 Å². The number of rotatable bonds is 4. The van der Waals surface area contributed by atoms with E-state index in [0.717, 1.165) is 29.9 Å². The first-order valence-electron chi connectivity index (χ1n) is 7.15. The van der Waals surface area contributed by atoms with Crippen molar-refractivity contribution in [1.82, 2.24) is 10.3 Å². The fraction of sp³-hybridized carbons (Fsp3) is 0.375. The smallest absolute Gasteiger partial charge is 0.249 e. The first kappa shape index (κ1) is 13.8. The number of nitrogens with zero attached hydrogens (tertiary/aromatic N) is 1. The van der Waals surface area contributed by atoms with E-state index in [1.165, 1.54) is 0 Å². The van der Waals surface area contributed by atoms with Crippen LogP contribution >= 0.6 is 0 Å². The lowest BCUT2D eigenvalue weighted by Crippen LogP contribution is -2.33. The summed E-state index contributed by atoms with van der Waals surface area (Å²) in [6.07, 6.45) is 1.40. The second-order valence-corrected chi connectivity index (χ2v) is 5.10. The Bertz CT molecular complexity index is 616. The Kier molecular flexibility index (Phi) is 4.01. The van der Waals surface area contributed by atoms with Crippen LogP contribution in [0.1, 0.15) is 24.5 Å². The van der Waals surface area contributed by atoms with E-state index in [9.17, 15) is 4.79 Å². The van der Waals surface area contributed by atoms with Gasteiger partial charge in [0.2, 0.25) is 11.8 Å². The molecule has 1 aromatic carbocycles. The number of carbonyl (C=O) groups excluding carboxylic acids is 1. The molecule has 1 atom stereocenters. The molecule has 110 valence electrons. The summed E-state index contributed by atoms with van der Waals surface area (Å²) in [7, 11) is 0. The zero-order chi connectivity index (χ0) is 14.7. The number of aromatic nitrogens is 1. The lowest BCUT2D eigenvalue weighted by atomic mass is 10.1. The van der Waals surface area contributed by atoms with Crippen LogP contribution in [0, 0.1) is 6.92 Å². The van der Waals surface area contributed by atoms with Crippen LogP contribution in [0.4, 0.5) is 0 Å². The predicted molar refractivity (Wildman–Crippen MR) is 77.5 cm³/mol. The molecule has 1 fully saturated rings. The lowest BCUT2D eigenvalue weighted by Gasteiger charge is -2.08. The molecular formula is C16H18N2O3. The van der Waals surface area contributed by atoms with Gasteiger partial charge in [-0.25, -0.2) is 4.98 Å². The number of ether oxygens (including phenoxy) is 1. The third kappa shape index (κ3) is 3.13. The average molecular weight is 286 g/mol. The lowest BCUT2D eigenvalue weighted by molar-refractivity contribution is -0.130. The first-order chi connectivity index (χ1) is 10.2.